The molecule has 0 saturated carbocycles. The number of hydrogen-bond donors (Lipinski definition) is 2. The zero-order valence-electron chi connectivity index (χ0n) is 20.0. The Morgan fingerprint density at radius 1 is 1.11 bits per heavy atom. The molecule has 9 heteroatoms. The smallest absolute Gasteiger partial charge is 0.269 e. The van der Waals surface area contributed by atoms with Gasteiger partial charge in [-0.05, 0) is 69.0 Å². The molecule has 0 spiro atoms. The molecular formula is C26H31ClN6O2. The van der Waals surface area contributed by atoms with E-state index in [1.807, 2.05) is 6.07 Å². The number of likely N-dealkylation sites (tertiary alicyclic amines) is 1. The average molecular weight is 495 g/mol. The SMILES string of the molecule is CNC(=O)c1ccc(N2CCC(CN3CCC(c4nc5c(Cl)cccc5c(=O)[nH]4)CC3)CC2)cn1. The summed E-state index contributed by atoms with van der Waals surface area (Å²) < 4.78 is 0. The van der Waals surface area contributed by atoms with Crippen LogP contribution in [0.15, 0.2) is 41.3 Å². The van der Waals surface area contributed by atoms with Crippen molar-refractivity contribution in [3.8, 4) is 0 Å². The lowest BCUT2D eigenvalue weighted by Gasteiger charge is -2.38. The summed E-state index contributed by atoms with van der Waals surface area (Å²) in [5.74, 6) is 1.54. The van der Waals surface area contributed by atoms with Crippen molar-refractivity contribution in [3.05, 3.63) is 63.4 Å². The van der Waals surface area contributed by atoms with Gasteiger partial charge in [-0.1, -0.05) is 17.7 Å². The van der Waals surface area contributed by atoms with E-state index in [1.54, 1.807) is 37.5 Å². The molecule has 0 radical (unpaired) electrons. The topological polar surface area (TPSA) is 94.2 Å². The van der Waals surface area contributed by atoms with Gasteiger partial charge < -0.3 is 20.1 Å². The lowest BCUT2D eigenvalue weighted by atomic mass is 9.92. The summed E-state index contributed by atoms with van der Waals surface area (Å²) >= 11 is 6.30. The molecule has 2 aliphatic rings. The molecule has 0 aliphatic carbocycles. The number of carbonyl (C=O) groups excluding carboxylic acids is 1. The molecule has 2 saturated heterocycles. The summed E-state index contributed by atoms with van der Waals surface area (Å²) in [6, 6.07) is 9.10. The highest BCUT2D eigenvalue weighted by Gasteiger charge is 2.27. The van der Waals surface area contributed by atoms with Crippen LogP contribution in [0.4, 0.5) is 5.69 Å². The van der Waals surface area contributed by atoms with Crippen LogP contribution in [0.1, 0.15) is 47.9 Å². The number of aromatic amines is 1. The van der Waals surface area contributed by atoms with E-state index in [4.69, 9.17) is 16.6 Å². The number of nitrogens with zero attached hydrogens (tertiary/aromatic N) is 4. The predicted molar refractivity (Wildman–Crippen MR) is 138 cm³/mol. The number of benzene rings is 1. The van der Waals surface area contributed by atoms with Crippen molar-refractivity contribution >= 4 is 34.1 Å². The molecule has 2 N–H and O–H groups in total. The molecule has 2 aromatic heterocycles. The fourth-order valence-electron chi connectivity index (χ4n) is 5.30. The maximum absolute atomic E-state index is 12.5. The van der Waals surface area contributed by atoms with E-state index in [0.717, 1.165) is 69.9 Å². The fourth-order valence-corrected chi connectivity index (χ4v) is 5.52. The van der Waals surface area contributed by atoms with Crippen LogP contribution in [-0.4, -0.2) is 65.5 Å². The molecule has 1 amide bonds. The highest BCUT2D eigenvalue weighted by Crippen LogP contribution is 2.29. The molecule has 35 heavy (non-hydrogen) atoms. The second-order valence-electron chi connectivity index (χ2n) is 9.57. The van der Waals surface area contributed by atoms with Crippen molar-refractivity contribution in [1.29, 1.82) is 0 Å². The Bertz CT molecular complexity index is 1240. The number of para-hydroxylation sites is 1. The monoisotopic (exact) mass is 494 g/mol. The molecule has 8 nitrogen and oxygen atoms in total. The first kappa shape index (κ1) is 23.8. The highest BCUT2D eigenvalue weighted by atomic mass is 35.5. The Hall–Kier alpha value is -2.97. The maximum atomic E-state index is 12.5. The molecule has 4 heterocycles. The Morgan fingerprint density at radius 3 is 2.57 bits per heavy atom. The van der Waals surface area contributed by atoms with E-state index in [-0.39, 0.29) is 17.4 Å². The van der Waals surface area contributed by atoms with Crippen LogP contribution >= 0.6 is 11.6 Å². The maximum Gasteiger partial charge on any atom is 0.269 e. The first-order valence-electron chi connectivity index (χ1n) is 12.4. The summed E-state index contributed by atoms with van der Waals surface area (Å²) in [6.07, 6.45) is 6.07. The van der Waals surface area contributed by atoms with Gasteiger partial charge in [-0.15, -0.1) is 0 Å². The molecule has 184 valence electrons. The van der Waals surface area contributed by atoms with Crippen LogP contribution in [0, 0.1) is 5.92 Å². The molecule has 0 bridgehead atoms. The van der Waals surface area contributed by atoms with Gasteiger partial charge in [0.15, 0.2) is 0 Å². The summed E-state index contributed by atoms with van der Waals surface area (Å²) in [5, 5.41) is 3.67. The number of anilines is 1. The van der Waals surface area contributed by atoms with Crippen molar-refractivity contribution in [1.82, 2.24) is 25.2 Å². The average Bonchev–Trinajstić information content (AvgIpc) is 2.90. The number of amides is 1. The Morgan fingerprint density at radius 2 is 1.89 bits per heavy atom. The number of fused-ring (bicyclic) bond motifs is 1. The minimum Gasteiger partial charge on any atom is -0.370 e. The van der Waals surface area contributed by atoms with Gasteiger partial charge in [-0.25, -0.2) is 9.97 Å². The standard InChI is InChI=1S/C26H31ClN6O2/c1-28-26(35)22-6-5-19(15-29-22)33-13-7-17(8-14-33)16-32-11-9-18(10-12-32)24-30-23-20(25(34)31-24)3-2-4-21(23)27/h2-6,15,17-18H,7-14,16H2,1H3,(H,28,35)(H,30,31,34). The number of piperidine rings is 2. The summed E-state index contributed by atoms with van der Waals surface area (Å²) in [7, 11) is 1.61. The third-order valence-corrected chi connectivity index (χ3v) is 7.69. The van der Waals surface area contributed by atoms with Gasteiger partial charge in [-0.3, -0.25) is 9.59 Å². The molecule has 3 aromatic rings. The normalized spacial score (nSPS) is 18.2. The Kier molecular flexibility index (Phi) is 7.02. The van der Waals surface area contributed by atoms with Crippen LogP contribution in [0.5, 0.6) is 0 Å². The lowest BCUT2D eigenvalue weighted by Crippen LogP contribution is -2.41. The number of hydrogen-bond acceptors (Lipinski definition) is 6. The van der Waals surface area contributed by atoms with Crippen molar-refractivity contribution in [2.75, 3.05) is 44.7 Å². The summed E-state index contributed by atoms with van der Waals surface area (Å²) in [6.45, 7) is 5.15. The molecule has 0 unspecified atom stereocenters. The van der Waals surface area contributed by atoms with Crippen LogP contribution < -0.4 is 15.8 Å². The largest absolute Gasteiger partial charge is 0.370 e. The third-order valence-electron chi connectivity index (χ3n) is 7.38. The number of pyridine rings is 1. The number of carbonyl (C=O) groups is 1. The van der Waals surface area contributed by atoms with Gasteiger partial charge >= 0.3 is 0 Å². The van der Waals surface area contributed by atoms with E-state index < -0.39 is 0 Å². The van der Waals surface area contributed by atoms with Crippen molar-refractivity contribution < 1.29 is 4.79 Å². The zero-order chi connectivity index (χ0) is 24.4. The van der Waals surface area contributed by atoms with Gasteiger partial charge in [0.05, 0.1) is 27.8 Å². The van der Waals surface area contributed by atoms with Gasteiger partial charge in [0.25, 0.3) is 11.5 Å². The van der Waals surface area contributed by atoms with Crippen molar-refractivity contribution in [2.24, 2.45) is 5.92 Å². The number of aromatic nitrogens is 3. The first-order valence-corrected chi connectivity index (χ1v) is 12.7. The number of rotatable bonds is 5. The number of halogens is 1. The van der Waals surface area contributed by atoms with Crippen LogP contribution in [-0.2, 0) is 0 Å². The summed E-state index contributed by atoms with van der Waals surface area (Å²) in [4.78, 5) is 41.2. The zero-order valence-corrected chi connectivity index (χ0v) is 20.7. The molecule has 5 rings (SSSR count). The lowest BCUT2D eigenvalue weighted by molar-refractivity contribution is 0.0958. The highest BCUT2D eigenvalue weighted by molar-refractivity contribution is 6.34. The third kappa shape index (κ3) is 5.18. The molecule has 2 fully saturated rings. The fraction of sp³-hybridized carbons (Fsp3) is 0.462. The summed E-state index contributed by atoms with van der Waals surface area (Å²) in [5.41, 5.74) is 2.01. The number of H-pyrrole nitrogens is 1. The molecule has 1 aromatic carbocycles. The Labute approximate surface area is 209 Å². The minimum atomic E-state index is -0.161. The van der Waals surface area contributed by atoms with E-state index in [2.05, 4.69) is 25.1 Å². The Balaban J connectivity index is 1.12. The molecule has 2 aliphatic heterocycles. The number of nitrogens with one attached hydrogen (secondary N) is 2. The van der Waals surface area contributed by atoms with Crippen LogP contribution in [0.2, 0.25) is 5.02 Å². The van der Waals surface area contributed by atoms with E-state index >= 15 is 0 Å². The van der Waals surface area contributed by atoms with E-state index in [9.17, 15) is 9.59 Å². The second kappa shape index (κ2) is 10.3. The second-order valence-corrected chi connectivity index (χ2v) is 9.98. The predicted octanol–water partition coefficient (Wildman–Crippen LogP) is 3.43. The quantitative estimate of drug-likeness (QED) is 0.564. The van der Waals surface area contributed by atoms with Crippen LogP contribution in [0.3, 0.4) is 0 Å². The van der Waals surface area contributed by atoms with Gasteiger partial charge in [-0.2, -0.15) is 0 Å². The van der Waals surface area contributed by atoms with Crippen molar-refractivity contribution in [2.45, 2.75) is 31.6 Å². The van der Waals surface area contributed by atoms with E-state index in [0.29, 0.717) is 27.5 Å². The van der Waals surface area contributed by atoms with Gasteiger partial charge in [0, 0.05) is 32.6 Å². The molecular weight excluding hydrogens is 464 g/mol. The van der Waals surface area contributed by atoms with Gasteiger partial charge in [0.2, 0.25) is 0 Å². The first-order chi connectivity index (χ1) is 17.0. The minimum absolute atomic E-state index is 0.111. The van der Waals surface area contributed by atoms with Gasteiger partial charge in [0.1, 0.15) is 11.5 Å². The molecule has 0 atom stereocenters. The van der Waals surface area contributed by atoms with Crippen molar-refractivity contribution in [3.63, 3.8) is 0 Å². The van der Waals surface area contributed by atoms with Crippen LogP contribution in [0.25, 0.3) is 10.9 Å². The van der Waals surface area contributed by atoms with E-state index in [1.165, 1.54) is 0 Å².